The van der Waals surface area contributed by atoms with Crippen LogP contribution >= 0.6 is 12.2 Å². The number of hydrogen-bond donors (Lipinski definition) is 3. The molecule has 0 unspecified atom stereocenters. The molecule has 1 fully saturated rings. The zero-order valence-corrected chi connectivity index (χ0v) is 17.2. The molecule has 1 saturated carbocycles. The molecule has 3 N–H and O–H groups in total. The van der Waals surface area contributed by atoms with E-state index in [0.717, 1.165) is 12.8 Å². The topological polar surface area (TPSA) is 79.5 Å². The molecule has 0 aliphatic heterocycles. The quantitative estimate of drug-likeness (QED) is 0.651. The average Bonchev–Trinajstić information content (AvgIpc) is 2.75. The molecule has 0 spiro atoms. The number of hydrogen-bond acceptors (Lipinski definition) is 4. The number of carbonyl (C=O) groups excluding carboxylic acids is 2. The number of anilines is 1. The summed E-state index contributed by atoms with van der Waals surface area (Å²) in [5, 5.41) is 8.87. The van der Waals surface area contributed by atoms with Gasteiger partial charge in [0.25, 0.3) is 11.8 Å². The lowest BCUT2D eigenvalue weighted by Crippen LogP contribution is -2.36. The molecule has 29 heavy (non-hydrogen) atoms. The number of thiocarbonyl (C=S) groups is 1. The Morgan fingerprint density at radius 3 is 2.10 bits per heavy atom. The van der Waals surface area contributed by atoms with E-state index in [1.54, 1.807) is 55.6 Å². The van der Waals surface area contributed by atoms with E-state index < -0.39 is 0 Å². The summed E-state index contributed by atoms with van der Waals surface area (Å²) < 4.78 is 5.08. The van der Waals surface area contributed by atoms with Gasteiger partial charge in [-0.05, 0) is 73.6 Å². The van der Waals surface area contributed by atoms with E-state index in [-0.39, 0.29) is 23.0 Å². The van der Waals surface area contributed by atoms with Crippen LogP contribution in [0.5, 0.6) is 5.75 Å². The standard InChI is InChI=1S/C22H25N3O3S/c1-28-19-13-9-16(10-14-19)21(27)25-22(29)24-18-11-7-15(8-12-18)20(26)23-17-5-3-2-4-6-17/h7-14,17H,2-6H2,1H3,(H,23,26)(H2,24,25,27,29). The normalized spacial score (nSPS) is 14.0. The van der Waals surface area contributed by atoms with Gasteiger partial charge in [-0.3, -0.25) is 14.9 Å². The van der Waals surface area contributed by atoms with E-state index in [1.165, 1.54) is 19.3 Å². The van der Waals surface area contributed by atoms with Gasteiger partial charge in [0.2, 0.25) is 0 Å². The highest BCUT2D eigenvalue weighted by Gasteiger charge is 2.16. The lowest BCUT2D eigenvalue weighted by molar-refractivity contribution is 0.0926. The van der Waals surface area contributed by atoms with E-state index in [4.69, 9.17) is 17.0 Å². The van der Waals surface area contributed by atoms with Crippen molar-refractivity contribution in [2.24, 2.45) is 0 Å². The van der Waals surface area contributed by atoms with Gasteiger partial charge in [0.1, 0.15) is 5.75 Å². The molecule has 0 radical (unpaired) electrons. The molecule has 7 heteroatoms. The van der Waals surface area contributed by atoms with Crippen LogP contribution in [-0.4, -0.2) is 30.1 Å². The van der Waals surface area contributed by atoms with Gasteiger partial charge < -0.3 is 15.4 Å². The Bertz CT molecular complexity index is 860. The number of ether oxygens (including phenoxy) is 1. The van der Waals surface area contributed by atoms with Crippen molar-refractivity contribution in [1.29, 1.82) is 0 Å². The van der Waals surface area contributed by atoms with Crippen molar-refractivity contribution in [3.05, 3.63) is 59.7 Å². The van der Waals surface area contributed by atoms with Crippen molar-refractivity contribution < 1.29 is 14.3 Å². The molecule has 0 bridgehead atoms. The predicted octanol–water partition coefficient (Wildman–Crippen LogP) is 3.88. The molecule has 0 heterocycles. The van der Waals surface area contributed by atoms with Gasteiger partial charge in [0.15, 0.2) is 5.11 Å². The molecule has 152 valence electrons. The lowest BCUT2D eigenvalue weighted by atomic mass is 9.95. The van der Waals surface area contributed by atoms with Gasteiger partial charge in [-0.25, -0.2) is 0 Å². The Morgan fingerprint density at radius 2 is 1.48 bits per heavy atom. The maximum Gasteiger partial charge on any atom is 0.257 e. The number of nitrogens with one attached hydrogen (secondary N) is 3. The third-order valence-electron chi connectivity index (χ3n) is 4.92. The number of rotatable bonds is 5. The highest BCUT2D eigenvalue weighted by Crippen LogP contribution is 2.18. The zero-order chi connectivity index (χ0) is 20.6. The Hall–Kier alpha value is -2.93. The van der Waals surface area contributed by atoms with Crippen molar-refractivity contribution in [2.45, 2.75) is 38.1 Å². The largest absolute Gasteiger partial charge is 0.497 e. The molecule has 2 amide bonds. The summed E-state index contributed by atoms with van der Waals surface area (Å²) in [4.78, 5) is 24.6. The predicted molar refractivity (Wildman–Crippen MR) is 117 cm³/mol. The van der Waals surface area contributed by atoms with Crippen LogP contribution in [0.2, 0.25) is 0 Å². The van der Waals surface area contributed by atoms with Crippen LogP contribution < -0.4 is 20.7 Å². The van der Waals surface area contributed by atoms with Crippen molar-refractivity contribution in [3.8, 4) is 5.75 Å². The van der Waals surface area contributed by atoms with Crippen LogP contribution in [0.25, 0.3) is 0 Å². The summed E-state index contributed by atoms with van der Waals surface area (Å²) in [6, 6.07) is 14.0. The maximum absolute atomic E-state index is 12.4. The first kappa shape index (κ1) is 20.8. The maximum atomic E-state index is 12.4. The van der Waals surface area contributed by atoms with Crippen LogP contribution in [0.1, 0.15) is 52.8 Å². The first-order chi connectivity index (χ1) is 14.0. The fourth-order valence-electron chi connectivity index (χ4n) is 3.30. The minimum atomic E-state index is -0.311. The smallest absolute Gasteiger partial charge is 0.257 e. The first-order valence-corrected chi connectivity index (χ1v) is 10.1. The lowest BCUT2D eigenvalue weighted by Gasteiger charge is -2.22. The molecule has 3 rings (SSSR count). The van der Waals surface area contributed by atoms with Gasteiger partial charge in [-0.15, -0.1) is 0 Å². The van der Waals surface area contributed by atoms with Crippen LogP contribution in [-0.2, 0) is 0 Å². The Kier molecular flexibility index (Phi) is 7.19. The molecule has 0 saturated heterocycles. The van der Waals surface area contributed by atoms with Crippen LogP contribution in [0.3, 0.4) is 0 Å². The first-order valence-electron chi connectivity index (χ1n) is 9.72. The summed E-state index contributed by atoms with van der Waals surface area (Å²) in [6.07, 6.45) is 5.70. The molecular weight excluding hydrogens is 386 g/mol. The Labute approximate surface area is 176 Å². The van der Waals surface area contributed by atoms with E-state index in [2.05, 4.69) is 16.0 Å². The molecule has 0 aromatic heterocycles. The van der Waals surface area contributed by atoms with E-state index >= 15 is 0 Å². The second-order valence-electron chi connectivity index (χ2n) is 7.02. The van der Waals surface area contributed by atoms with E-state index in [0.29, 0.717) is 22.6 Å². The van der Waals surface area contributed by atoms with Gasteiger partial charge in [0, 0.05) is 22.9 Å². The zero-order valence-electron chi connectivity index (χ0n) is 16.4. The second-order valence-corrected chi connectivity index (χ2v) is 7.43. The fraction of sp³-hybridized carbons (Fsp3) is 0.318. The molecule has 0 atom stereocenters. The summed E-state index contributed by atoms with van der Waals surface area (Å²) >= 11 is 5.21. The third-order valence-corrected chi connectivity index (χ3v) is 5.13. The van der Waals surface area contributed by atoms with Crippen molar-refractivity contribution in [3.63, 3.8) is 0 Å². The summed E-state index contributed by atoms with van der Waals surface area (Å²) in [7, 11) is 1.57. The number of amides is 2. The fourth-order valence-corrected chi connectivity index (χ4v) is 3.51. The van der Waals surface area contributed by atoms with Gasteiger partial charge >= 0.3 is 0 Å². The van der Waals surface area contributed by atoms with E-state index in [1.807, 2.05) is 0 Å². The Morgan fingerprint density at radius 1 is 0.897 bits per heavy atom. The highest BCUT2D eigenvalue weighted by molar-refractivity contribution is 7.80. The number of methoxy groups -OCH3 is 1. The van der Waals surface area contributed by atoms with Gasteiger partial charge in [-0.2, -0.15) is 0 Å². The monoisotopic (exact) mass is 411 g/mol. The molecule has 1 aliphatic rings. The van der Waals surface area contributed by atoms with Gasteiger partial charge in [-0.1, -0.05) is 19.3 Å². The average molecular weight is 412 g/mol. The summed E-state index contributed by atoms with van der Waals surface area (Å²) in [6.45, 7) is 0. The summed E-state index contributed by atoms with van der Waals surface area (Å²) in [5.41, 5.74) is 1.78. The van der Waals surface area contributed by atoms with Gasteiger partial charge in [0.05, 0.1) is 7.11 Å². The van der Waals surface area contributed by atoms with E-state index in [9.17, 15) is 9.59 Å². The highest BCUT2D eigenvalue weighted by atomic mass is 32.1. The second kappa shape index (κ2) is 10.0. The summed E-state index contributed by atoms with van der Waals surface area (Å²) in [5.74, 6) is 0.308. The van der Waals surface area contributed by atoms with Crippen LogP contribution in [0.4, 0.5) is 5.69 Å². The minimum Gasteiger partial charge on any atom is -0.497 e. The van der Waals surface area contributed by atoms with Crippen LogP contribution in [0.15, 0.2) is 48.5 Å². The third kappa shape index (κ3) is 6.02. The molecule has 1 aliphatic carbocycles. The molecule has 2 aromatic rings. The molecule has 6 nitrogen and oxygen atoms in total. The van der Waals surface area contributed by atoms with Crippen molar-refractivity contribution in [2.75, 3.05) is 12.4 Å². The van der Waals surface area contributed by atoms with Crippen LogP contribution in [0, 0.1) is 0 Å². The van der Waals surface area contributed by atoms with Crippen molar-refractivity contribution in [1.82, 2.24) is 10.6 Å². The Balaban J connectivity index is 1.51. The SMILES string of the molecule is COc1ccc(C(=O)NC(=S)Nc2ccc(C(=O)NC3CCCCC3)cc2)cc1. The number of carbonyl (C=O) groups is 2. The molecular formula is C22H25N3O3S. The number of benzene rings is 2. The van der Waals surface area contributed by atoms with Crippen molar-refractivity contribution >= 4 is 34.8 Å². The minimum absolute atomic E-state index is 0.0566. The molecule has 2 aromatic carbocycles.